The predicted molar refractivity (Wildman–Crippen MR) is 73.9 cm³/mol. The number of halogens is 1. The molecule has 2 aromatic rings. The Balaban J connectivity index is 2.37. The van der Waals surface area contributed by atoms with Gasteiger partial charge in [0.1, 0.15) is 11.3 Å². The molecule has 96 valence electrons. The van der Waals surface area contributed by atoms with Gasteiger partial charge in [0, 0.05) is 6.54 Å². The average molecular weight is 286 g/mol. The molecule has 5 nitrogen and oxygen atoms in total. The molecule has 2 rings (SSSR count). The normalized spacial score (nSPS) is 10.4. The van der Waals surface area contributed by atoms with Gasteiger partial charge in [-0.25, -0.2) is 9.78 Å². The molecule has 0 bridgehead atoms. The summed E-state index contributed by atoms with van der Waals surface area (Å²) in [6.45, 7) is 2.40. The van der Waals surface area contributed by atoms with Crippen molar-refractivity contribution >= 4 is 44.3 Å². The van der Waals surface area contributed by atoms with Crippen LogP contribution in [-0.4, -0.2) is 24.7 Å². The summed E-state index contributed by atoms with van der Waals surface area (Å²) in [6, 6.07) is 3.21. The zero-order valence-corrected chi connectivity index (χ0v) is 11.5. The minimum absolute atomic E-state index is 0.286. The Kier molecular flexibility index (Phi) is 3.88. The van der Waals surface area contributed by atoms with Gasteiger partial charge in [0.15, 0.2) is 5.13 Å². The lowest BCUT2D eigenvalue weighted by Gasteiger charge is -2.01. The Labute approximate surface area is 113 Å². The van der Waals surface area contributed by atoms with Gasteiger partial charge < -0.3 is 10.1 Å². The summed E-state index contributed by atoms with van der Waals surface area (Å²) < 4.78 is 6.00. The number of urea groups is 1. The van der Waals surface area contributed by atoms with Gasteiger partial charge in [-0.3, -0.25) is 5.32 Å². The van der Waals surface area contributed by atoms with E-state index in [1.165, 1.54) is 11.3 Å². The second-order valence-electron chi connectivity index (χ2n) is 3.43. The molecule has 0 saturated heterocycles. The lowest BCUT2D eigenvalue weighted by molar-refractivity contribution is 0.252. The topological polar surface area (TPSA) is 63.2 Å². The van der Waals surface area contributed by atoms with Gasteiger partial charge in [-0.1, -0.05) is 22.9 Å². The van der Waals surface area contributed by atoms with Crippen LogP contribution in [-0.2, 0) is 0 Å². The highest BCUT2D eigenvalue weighted by Gasteiger charge is 2.13. The third kappa shape index (κ3) is 2.49. The molecule has 0 aliphatic rings. The Morgan fingerprint density at radius 2 is 2.33 bits per heavy atom. The molecule has 0 aliphatic heterocycles. The molecule has 0 radical (unpaired) electrons. The van der Waals surface area contributed by atoms with Crippen molar-refractivity contribution in [2.75, 3.05) is 19.0 Å². The number of amides is 2. The van der Waals surface area contributed by atoms with Crippen molar-refractivity contribution in [1.29, 1.82) is 0 Å². The number of methoxy groups -OCH3 is 1. The number of ether oxygens (including phenoxy) is 1. The van der Waals surface area contributed by atoms with E-state index in [0.29, 0.717) is 28.0 Å². The van der Waals surface area contributed by atoms with Gasteiger partial charge in [0.2, 0.25) is 0 Å². The summed E-state index contributed by atoms with van der Waals surface area (Å²) in [5.74, 6) is 0.634. The van der Waals surface area contributed by atoms with Crippen molar-refractivity contribution in [3.63, 3.8) is 0 Å². The van der Waals surface area contributed by atoms with E-state index in [1.807, 2.05) is 6.92 Å². The van der Waals surface area contributed by atoms with Gasteiger partial charge in [0.25, 0.3) is 0 Å². The maximum atomic E-state index is 11.4. The van der Waals surface area contributed by atoms with Gasteiger partial charge in [0.05, 0.1) is 16.8 Å². The zero-order chi connectivity index (χ0) is 13.1. The lowest BCUT2D eigenvalue weighted by atomic mass is 10.3. The van der Waals surface area contributed by atoms with Crippen LogP contribution < -0.4 is 15.4 Å². The first kappa shape index (κ1) is 12.9. The number of aromatic nitrogens is 1. The summed E-state index contributed by atoms with van der Waals surface area (Å²) in [5, 5.41) is 6.37. The van der Waals surface area contributed by atoms with E-state index >= 15 is 0 Å². The van der Waals surface area contributed by atoms with Crippen molar-refractivity contribution in [1.82, 2.24) is 10.3 Å². The highest BCUT2D eigenvalue weighted by atomic mass is 35.5. The Morgan fingerprint density at radius 3 is 3.00 bits per heavy atom. The average Bonchev–Trinajstić information content (AvgIpc) is 2.74. The van der Waals surface area contributed by atoms with Crippen LogP contribution in [0, 0.1) is 0 Å². The number of hydrogen-bond acceptors (Lipinski definition) is 4. The third-order valence-electron chi connectivity index (χ3n) is 2.24. The van der Waals surface area contributed by atoms with Crippen LogP contribution in [0.2, 0.25) is 5.02 Å². The van der Waals surface area contributed by atoms with Crippen LogP contribution in [0.5, 0.6) is 5.75 Å². The molecule has 2 N–H and O–H groups in total. The third-order valence-corrected chi connectivity index (χ3v) is 3.67. The second kappa shape index (κ2) is 5.41. The first-order valence-electron chi connectivity index (χ1n) is 5.33. The van der Waals surface area contributed by atoms with Crippen molar-refractivity contribution in [3.05, 3.63) is 17.2 Å². The summed E-state index contributed by atoms with van der Waals surface area (Å²) in [6.07, 6.45) is 0. The maximum absolute atomic E-state index is 11.4. The summed E-state index contributed by atoms with van der Waals surface area (Å²) in [5.41, 5.74) is 0.654. The minimum Gasteiger partial charge on any atom is -0.494 e. The van der Waals surface area contributed by atoms with Gasteiger partial charge >= 0.3 is 6.03 Å². The van der Waals surface area contributed by atoms with E-state index in [2.05, 4.69) is 15.6 Å². The second-order valence-corrected chi connectivity index (χ2v) is 4.84. The van der Waals surface area contributed by atoms with Crippen molar-refractivity contribution in [2.45, 2.75) is 6.92 Å². The fourth-order valence-electron chi connectivity index (χ4n) is 1.47. The number of carbonyl (C=O) groups excluding carboxylic acids is 1. The Morgan fingerprint density at radius 1 is 1.56 bits per heavy atom. The van der Waals surface area contributed by atoms with E-state index in [9.17, 15) is 4.79 Å². The van der Waals surface area contributed by atoms with E-state index < -0.39 is 0 Å². The molecule has 0 unspecified atom stereocenters. The quantitative estimate of drug-likeness (QED) is 0.911. The summed E-state index contributed by atoms with van der Waals surface area (Å²) in [7, 11) is 1.57. The van der Waals surface area contributed by atoms with Crippen LogP contribution in [0.4, 0.5) is 9.93 Å². The molecule has 0 fully saturated rings. The number of nitrogens with one attached hydrogen (secondary N) is 2. The van der Waals surface area contributed by atoms with E-state index in [0.717, 1.165) is 4.70 Å². The SMILES string of the molecule is CCNC(=O)Nc1nc2c(OC)ccc(Cl)c2s1. The number of hydrogen-bond donors (Lipinski definition) is 2. The van der Waals surface area contributed by atoms with Crippen molar-refractivity contribution < 1.29 is 9.53 Å². The van der Waals surface area contributed by atoms with Gasteiger partial charge in [-0.2, -0.15) is 0 Å². The van der Waals surface area contributed by atoms with Crippen molar-refractivity contribution in [3.8, 4) is 5.75 Å². The van der Waals surface area contributed by atoms with E-state index in [1.54, 1.807) is 19.2 Å². The number of fused-ring (bicyclic) bond motifs is 1. The molecule has 1 aromatic carbocycles. The largest absolute Gasteiger partial charge is 0.494 e. The molecule has 7 heteroatoms. The number of anilines is 1. The van der Waals surface area contributed by atoms with Crippen LogP contribution in [0.25, 0.3) is 10.2 Å². The number of carbonyl (C=O) groups is 1. The fraction of sp³-hybridized carbons (Fsp3) is 0.273. The highest BCUT2D eigenvalue weighted by Crippen LogP contribution is 2.37. The predicted octanol–water partition coefficient (Wildman–Crippen LogP) is 3.10. The van der Waals surface area contributed by atoms with Crippen molar-refractivity contribution in [2.24, 2.45) is 0 Å². The van der Waals surface area contributed by atoms with Crippen LogP contribution in [0.1, 0.15) is 6.92 Å². The first-order valence-corrected chi connectivity index (χ1v) is 6.53. The monoisotopic (exact) mass is 285 g/mol. The molecule has 0 saturated carbocycles. The summed E-state index contributed by atoms with van der Waals surface area (Å²) >= 11 is 7.40. The molecular formula is C11H12ClN3O2S. The summed E-state index contributed by atoms with van der Waals surface area (Å²) in [4.78, 5) is 15.7. The minimum atomic E-state index is -0.286. The molecule has 2 amide bonds. The zero-order valence-electron chi connectivity index (χ0n) is 9.91. The Bertz CT molecular complexity index is 585. The molecule has 1 aromatic heterocycles. The Hall–Kier alpha value is -1.53. The van der Waals surface area contributed by atoms with Gasteiger partial charge in [-0.05, 0) is 19.1 Å². The standard InChI is InChI=1S/C11H12ClN3O2S/c1-3-13-10(16)15-11-14-8-7(17-2)5-4-6(12)9(8)18-11/h4-5H,3H2,1-2H3,(H2,13,14,15,16). The van der Waals surface area contributed by atoms with E-state index in [-0.39, 0.29) is 6.03 Å². The molecule has 1 heterocycles. The first-order chi connectivity index (χ1) is 8.65. The molecule has 0 spiro atoms. The van der Waals surface area contributed by atoms with E-state index in [4.69, 9.17) is 16.3 Å². The smallest absolute Gasteiger partial charge is 0.321 e. The molecule has 18 heavy (non-hydrogen) atoms. The van der Waals surface area contributed by atoms with Gasteiger partial charge in [-0.15, -0.1) is 0 Å². The molecular weight excluding hydrogens is 274 g/mol. The molecule has 0 aliphatic carbocycles. The van der Waals surface area contributed by atoms with Crippen LogP contribution in [0.15, 0.2) is 12.1 Å². The van der Waals surface area contributed by atoms with Crippen LogP contribution in [0.3, 0.4) is 0 Å². The maximum Gasteiger partial charge on any atom is 0.321 e. The number of rotatable bonds is 3. The fourth-order valence-corrected chi connectivity index (χ4v) is 2.62. The lowest BCUT2D eigenvalue weighted by Crippen LogP contribution is -2.28. The number of benzene rings is 1. The highest BCUT2D eigenvalue weighted by molar-refractivity contribution is 7.23. The molecule has 0 atom stereocenters. The van der Waals surface area contributed by atoms with Crippen LogP contribution >= 0.6 is 22.9 Å². The number of thiazole rings is 1. The number of nitrogens with zero attached hydrogens (tertiary/aromatic N) is 1.